The molecule has 4 rings (SSSR count). The summed E-state index contributed by atoms with van der Waals surface area (Å²) < 4.78 is 7.11. The first-order valence-corrected chi connectivity index (χ1v) is 8.45. The highest BCUT2D eigenvalue weighted by Gasteiger charge is 2.42. The van der Waals surface area contributed by atoms with Crippen LogP contribution in [0.15, 0.2) is 33.2 Å². The summed E-state index contributed by atoms with van der Waals surface area (Å²) in [5.41, 5.74) is 0.978. The topological polar surface area (TPSA) is 25.2 Å². The normalized spacial score (nSPS) is 20.8. The van der Waals surface area contributed by atoms with Crippen LogP contribution in [0.4, 0.5) is 0 Å². The molecule has 1 heterocycles. The van der Waals surface area contributed by atoms with Gasteiger partial charge in [-0.05, 0) is 68.7 Å². The molecule has 0 radical (unpaired) electrons. The van der Waals surface area contributed by atoms with Crippen molar-refractivity contribution in [1.82, 2.24) is 5.32 Å². The van der Waals surface area contributed by atoms with E-state index < -0.39 is 0 Å². The smallest absolute Gasteiger partial charge is 0.134 e. The van der Waals surface area contributed by atoms with Crippen molar-refractivity contribution < 1.29 is 4.42 Å². The van der Waals surface area contributed by atoms with Crippen LogP contribution in [-0.2, 0) is 0 Å². The second kappa shape index (κ2) is 4.88. The monoisotopic (exact) mass is 333 g/mol. The second-order valence-corrected chi connectivity index (χ2v) is 7.34. The van der Waals surface area contributed by atoms with Gasteiger partial charge in [-0.1, -0.05) is 15.9 Å². The summed E-state index contributed by atoms with van der Waals surface area (Å²) in [6, 6.07) is 9.38. The lowest BCUT2D eigenvalue weighted by Crippen LogP contribution is -2.35. The summed E-state index contributed by atoms with van der Waals surface area (Å²) in [5.74, 6) is 2.90. The van der Waals surface area contributed by atoms with E-state index in [9.17, 15) is 0 Å². The van der Waals surface area contributed by atoms with E-state index in [2.05, 4.69) is 40.3 Å². The zero-order chi connectivity index (χ0) is 13.7. The molecule has 1 unspecified atom stereocenters. The summed E-state index contributed by atoms with van der Waals surface area (Å²) in [5, 5.41) is 5.01. The lowest BCUT2D eigenvalue weighted by molar-refractivity contribution is 0.347. The van der Waals surface area contributed by atoms with Gasteiger partial charge in [0.15, 0.2) is 0 Å². The quantitative estimate of drug-likeness (QED) is 0.829. The van der Waals surface area contributed by atoms with E-state index in [-0.39, 0.29) is 0 Å². The largest absolute Gasteiger partial charge is 0.459 e. The maximum absolute atomic E-state index is 6.00. The van der Waals surface area contributed by atoms with Gasteiger partial charge in [-0.2, -0.15) is 0 Å². The molecule has 0 bridgehead atoms. The molecule has 1 aromatic carbocycles. The van der Waals surface area contributed by atoms with Crippen LogP contribution in [0.1, 0.15) is 44.4 Å². The molecule has 2 fully saturated rings. The minimum absolute atomic E-state index is 0.298. The lowest BCUT2D eigenvalue weighted by atomic mass is 10.1. The Balaban J connectivity index is 1.54. The van der Waals surface area contributed by atoms with Crippen molar-refractivity contribution in [2.75, 3.05) is 0 Å². The fourth-order valence-corrected chi connectivity index (χ4v) is 3.57. The first kappa shape index (κ1) is 12.9. The van der Waals surface area contributed by atoms with Gasteiger partial charge in [0.2, 0.25) is 0 Å². The van der Waals surface area contributed by atoms with Gasteiger partial charge in [-0.25, -0.2) is 0 Å². The molecule has 0 spiro atoms. The average molecular weight is 334 g/mol. The Morgan fingerprint density at radius 1 is 1.15 bits per heavy atom. The van der Waals surface area contributed by atoms with Gasteiger partial charge in [0.1, 0.15) is 11.3 Å². The number of fused-ring (bicyclic) bond motifs is 1. The van der Waals surface area contributed by atoms with Crippen LogP contribution in [0.2, 0.25) is 0 Å². The maximum atomic E-state index is 6.00. The highest BCUT2D eigenvalue weighted by atomic mass is 79.9. The van der Waals surface area contributed by atoms with Crippen molar-refractivity contribution >= 4 is 26.9 Å². The standard InChI is InChI=1S/C17H20BrNO/c1-10(19-17(11-2-3-11)12-4-5-12)16-9-13-8-14(18)6-7-15(13)20-16/h6-12,17,19H,2-5H2,1H3. The molecule has 20 heavy (non-hydrogen) atoms. The van der Waals surface area contributed by atoms with Gasteiger partial charge in [-0.3, -0.25) is 0 Å². The second-order valence-electron chi connectivity index (χ2n) is 6.42. The zero-order valence-corrected chi connectivity index (χ0v) is 13.3. The zero-order valence-electron chi connectivity index (χ0n) is 11.7. The Labute approximate surface area is 128 Å². The van der Waals surface area contributed by atoms with Crippen molar-refractivity contribution in [3.8, 4) is 0 Å². The van der Waals surface area contributed by atoms with E-state index in [0.717, 1.165) is 27.7 Å². The molecule has 0 aliphatic heterocycles. The summed E-state index contributed by atoms with van der Waals surface area (Å²) >= 11 is 3.52. The Hall–Kier alpha value is -0.800. The molecule has 1 atom stereocenters. The van der Waals surface area contributed by atoms with Gasteiger partial charge in [0, 0.05) is 15.9 Å². The lowest BCUT2D eigenvalue weighted by Gasteiger charge is -2.21. The Morgan fingerprint density at radius 2 is 1.85 bits per heavy atom. The van der Waals surface area contributed by atoms with E-state index >= 15 is 0 Å². The van der Waals surface area contributed by atoms with E-state index in [0.29, 0.717) is 12.1 Å². The molecule has 2 aliphatic carbocycles. The molecule has 1 aromatic heterocycles. The van der Waals surface area contributed by atoms with Crippen molar-refractivity contribution in [3.63, 3.8) is 0 Å². The number of furan rings is 1. The predicted molar refractivity (Wildman–Crippen MR) is 84.7 cm³/mol. The number of benzene rings is 1. The van der Waals surface area contributed by atoms with Gasteiger partial charge < -0.3 is 9.73 Å². The Kier molecular flexibility index (Phi) is 3.15. The van der Waals surface area contributed by atoms with E-state index in [1.54, 1.807) is 0 Å². The van der Waals surface area contributed by atoms with Crippen LogP contribution in [0.3, 0.4) is 0 Å². The number of nitrogens with one attached hydrogen (secondary N) is 1. The molecule has 2 saturated carbocycles. The van der Waals surface area contributed by atoms with Gasteiger partial charge >= 0.3 is 0 Å². The van der Waals surface area contributed by atoms with Crippen molar-refractivity contribution in [3.05, 3.63) is 34.5 Å². The van der Waals surface area contributed by atoms with Crippen LogP contribution in [0, 0.1) is 11.8 Å². The van der Waals surface area contributed by atoms with Crippen LogP contribution < -0.4 is 5.32 Å². The minimum Gasteiger partial charge on any atom is -0.459 e. The van der Waals surface area contributed by atoms with E-state index in [4.69, 9.17) is 4.42 Å². The third-order valence-corrected chi connectivity index (χ3v) is 5.12. The molecule has 106 valence electrons. The van der Waals surface area contributed by atoms with Crippen molar-refractivity contribution in [2.24, 2.45) is 11.8 Å². The summed E-state index contributed by atoms with van der Waals surface area (Å²) in [6.07, 6.45) is 5.64. The number of hydrogen-bond acceptors (Lipinski definition) is 2. The molecule has 2 aliphatic rings. The van der Waals surface area contributed by atoms with Gasteiger partial charge in [-0.15, -0.1) is 0 Å². The minimum atomic E-state index is 0.298. The number of halogens is 1. The molecule has 3 heteroatoms. The third kappa shape index (κ3) is 2.53. The van der Waals surface area contributed by atoms with Crippen LogP contribution >= 0.6 is 15.9 Å². The van der Waals surface area contributed by atoms with E-state index in [1.165, 1.54) is 31.1 Å². The first-order chi connectivity index (χ1) is 9.70. The first-order valence-electron chi connectivity index (χ1n) is 7.66. The van der Waals surface area contributed by atoms with Crippen LogP contribution in [0.25, 0.3) is 11.0 Å². The number of rotatable bonds is 5. The summed E-state index contributed by atoms with van der Waals surface area (Å²) in [6.45, 7) is 2.23. The fourth-order valence-electron chi connectivity index (χ4n) is 3.19. The summed E-state index contributed by atoms with van der Waals surface area (Å²) in [7, 11) is 0. The van der Waals surface area contributed by atoms with Crippen molar-refractivity contribution in [2.45, 2.75) is 44.7 Å². The van der Waals surface area contributed by atoms with Crippen LogP contribution in [0.5, 0.6) is 0 Å². The molecule has 1 N–H and O–H groups in total. The van der Waals surface area contributed by atoms with Gasteiger partial charge in [0.25, 0.3) is 0 Å². The predicted octanol–water partition coefficient (Wildman–Crippen LogP) is 5.03. The third-order valence-electron chi connectivity index (χ3n) is 4.63. The maximum Gasteiger partial charge on any atom is 0.134 e. The van der Waals surface area contributed by atoms with Crippen LogP contribution in [-0.4, -0.2) is 6.04 Å². The van der Waals surface area contributed by atoms with Crippen molar-refractivity contribution in [1.29, 1.82) is 0 Å². The summed E-state index contributed by atoms with van der Waals surface area (Å²) in [4.78, 5) is 0. The molecular weight excluding hydrogens is 314 g/mol. The molecule has 0 saturated heterocycles. The highest BCUT2D eigenvalue weighted by molar-refractivity contribution is 9.10. The number of hydrogen-bond donors (Lipinski definition) is 1. The molecule has 2 nitrogen and oxygen atoms in total. The molecule has 0 amide bonds. The Morgan fingerprint density at radius 3 is 2.50 bits per heavy atom. The SMILES string of the molecule is CC(NC(C1CC1)C1CC1)c1cc2cc(Br)ccc2o1. The fraction of sp³-hybridized carbons (Fsp3) is 0.529. The average Bonchev–Trinajstić information content (AvgIpc) is 3.32. The molecular formula is C17H20BrNO. The Bertz CT molecular complexity index is 615. The molecule has 2 aromatic rings. The van der Waals surface area contributed by atoms with Gasteiger partial charge in [0.05, 0.1) is 6.04 Å². The highest BCUT2D eigenvalue weighted by Crippen LogP contribution is 2.45. The van der Waals surface area contributed by atoms with E-state index in [1.807, 2.05) is 12.1 Å².